The standard InChI is InChI=1S/C10H15N3O4/c1-4-13-7(5-11-9(13)15)12-10(16)17-8(14)6(2)3/h7H,2,4-5H2,1,3H3,(H,11,15)(H,12,16). The topological polar surface area (TPSA) is 87.7 Å². The van der Waals surface area contributed by atoms with Gasteiger partial charge in [-0.2, -0.15) is 0 Å². The number of urea groups is 1. The molecule has 1 atom stereocenters. The molecule has 2 N–H and O–H groups in total. The van der Waals surface area contributed by atoms with Crippen LogP contribution in [0, 0.1) is 0 Å². The molecule has 0 spiro atoms. The minimum atomic E-state index is -0.891. The molecule has 0 aromatic carbocycles. The van der Waals surface area contributed by atoms with Crippen LogP contribution in [0.1, 0.15) is 13.8 Å². The Hall–Kier alpha value is -2.05. The van der Waals surface area contributed by atoms with E-state index in [1.807, 2.05) is 0 Å². The van der Waals surface area contributed by atoms with Crippen molar-refractivity contribution in [2.75, 3.05) is 13.1 Å². The fraction of sp³-hybridized carbons (Fsp3) is 0.500. The van der Waals surface area contributed by atoms with Crippen molar-refractivity contribution in [1.29, 1.82) is 0 Å². The number of nitrogens with zero attached hydrogens (tertiary/aromatic N) is 1. The van der Waals surface area contributed by atoms with Crippen molar-refractivity contribution in [3.63, 3.8) is 0 Å². The zero-order chi connectivity index (χ0) is 13.0. The Kier molecular flexibility index (Phi) is 4.08. The molecule has 0 aromatic heterocycles. The van der Waals surface area contributed by atoms with Gasteiger partial charge in [-0.05, 0) is 13.8 Å². The number of likely N-dealkylation sites (N-methyl/N-ethyl adjacent to an activating group) is 1. The lowest BCUT2D eigenvalue weighted by atomic mass is 10.4. The molecule has 0 radical (unpaired) electrons. The Bertz CT molecular complexity index is 367. The quantitative estimate of drug-likeness (QED) is 0.419. The molecular weight excluding hydrogens is 226 g/mol. The number of ether oxygens (including phenoxy) is 1. The molecule has 1 fully saturated rings. The zero-order valence-corrected chi connectivity index (χ0v) is 9.78. The number of hydrogen-bond acceptors (Lipinski definition) is 4. The van der Waals surface area contributed by atoms with Crippen LogP contribution in [-0.2, 0) is 9.53 Å². The SMILES string of the molecule is C=C(C)C(=O)OC(=O)NC1CNC(=O)N1CC. The van der Waals surface area contributed by atoms with Crippen LogP contribution in [0.5, 0.6) is 0 Å². The summed E-state index contributed by atoms with van der Waals surface area (Å²) in [4.78, 5) is 35.1. The van der Waals surface area contributed by atoms with Crippen LogP contribution in [0.4, 0.5) is 9.59 Å². The average molecular weight is 241 g/mol. The van der Waals surface area contributed by atoms with Gasteiger partial charge in [-0.25, -0.2) is 14.4 Å². The summed E-state index contributed by atoms with van der Waals surface area (Å²) in [5.41, 5.74) is 0.133. The van der Waals surface area contributed by atoms with Crippen LogP contribution in [0.2, 0.25) is 0 Å². The summed E-state index contributed by atoms with van der Waals surface area (Å²) < 4.78 is 4.45. The van der Waals surface area contributed by atoms with Crippen LogP contribution in [0.25, 0.3) is 0 Å². The molecule has 17 heavy (non-hydrogen) atoms. The average Bonchev–Trinajstić information content (AvgIpc) is 2.58. The Morgan fingerprint density at radius 1 is 1.65 bits per heavy atom. The van der Waals surface area contributed by atoms with Gasteiger partial charge in [0, 0.05) is 12.1 Å². The van der Waals surface area contributed by atoms with Gasteiger partial charge in [0.1, 0.15) is 6.17 Å². The maximum absolute atomic E-state index is 11.3. The molecule has 1 heterocycles. The summed E-state index contributed by atoms with van der Waals surface area (Å²) >= 11 is 0. The van der Waals surface area contributed by atoms with E-state index in [0.29, 0.717) is 6.54 Å². The molecule has 0 saturated carbocycles. The summed E-state index contributed by atoms with van der Waals surface area (Å²) in [6.07, 6.45) is -1.39. The summed E-state index contributed by atoms with van der Waals surface area (Å²) in [5, 5.41) is 4.98. The highest BCUT2D eigenvalue weighted by molar-refractivity contribution is 5.95. The molecule has 0 aromatic rings. The van der Waals surface area contributed by atoms with Crippen molar-refractivity contribution >= 4 is 18.1 Å². The third-order valence-electron chi connectivity index (χ3n) is 2.24. The van der Waals surface area contributed by atoms with E-state index in [1.165, 1.54) is 11.8 Å². The zero-order valence-electron chi connectivity index (χ0n) is 9.78. The fourth-order valence-electron chi connectivity index (χ4n) is 1.37. The molecule has 7 heteroatoms. The second kappa shape index (κ2) is 5.33. The van der Waals surface area contributed by atoms with Crippen LogP contribution < -0.4 is 10.6 Å². The summed E-state index contributed by atoms with van der Waals surface area (Å²) in [6, 6.07) is -0.260. The van der Waals surface area contributed by atoms with E-state index in [4.69, 9.17) is 0 Å². The van der Waals surface area contributed by atoms with Crippen LogP contribution >= 0.6 is 0 Å². The van der Waals surface area contributed by atoms with E-state index in [1.54, 1.807) is 6.92 Å². The van der Waals surface area contributed by atoms with Crippen molar-refractivity contribution < 1.29 is 19.1 Å². The van der Waals surface area contributed by atoms with Crippen molar-refractivity contribution in [3.05, 3.63) is 12.2 Å². The molecule has 94 valence electrons. The summed E-state index contributed by atoms with van der Waals surface area (Å²) in [6.45, 7) is 7.30. The molecule has 3 amide bonds. The van der Waals surface area contributed by atoms with E-state index < -0.39 is 18.2 Å². The van der Waals surface area contributed by atoms with E-state index in [0.717, 1.165) is 0 Å². The lowest BCUT2D eigenvalue weighted by molar-refractivity contribution is -0.133. The maximum atomic E-state index is 11.3. The molecular formula is C10H15N3O4. The number of rotatable bonds is 3. The molecule has 0 aliphatic carbocycles. The van der Waals surface area contributed by atoms with Crippen LogP contribution in [0.3, 0.4) is 0 Å². The third kappa shape index (κ3) is 3.20. The van der Waals surface area contributed by atoms with Crippen molar-refractivity contribution in [2.45, 2.75) is 20.0 Å². The van der Waals surface area contributed by atoms with Crippen LogP contribution in [-0.4, -0.2) is 42.2 Å². The Morgan fingerprint density at radius 2 is 2.29 bits per heavy atom. The van der Waals surface area contributed by atoms with Gasteiger partial charge < -0.3 is 15.0 Å². The van der Waals surface area contributed by atoms with Crippen molar-refractivity contribution in [3.8, 4) is 0 Å². The van der Waals surface area contributed by atoms with E-state index in [-0.39, 0.29) is 18.1 Å². The molecule has 1 unspecified atom stereocenters. The Labute approximate surface area is 98.8 Å². The van der Waals surface area contributed by atoms with Gasteiger partial charge >= 0.3 is 18.1 Å². The molecule has 1 saturated heterocycles. The van der Waals surface area contributed by atoms with Gasteiger partial charge in [0.05, 0.1) is 6.54 Å². The van der Waals surface area contributed by atoms with Gasteiger partial charge in [0.15, 0.2) is 0 Å². The van der Waals surface area contributed by atoms with Gasteiger partial charge in [-0.15, -0.1) is 0 Å². The van der Waals surface area contributed by atoms with Crippen molar-refractivity contribution in [2.24, 2.45) is 0 Å². The molecule has 1 aliphatic heterocycles. The normalized spacial score (nSPS) is 18.6. The highest BCUT2D eigenvalue weighted by atomic mass is 16.6. The first kappa shape index (κ1) is 13.0. The second-order valence-corrected chi connectivity index (χ2v) is 3.59. The molecule has 0 bridgehead atoms. The Morgan fingerprint density at radius 3 is 2.82 bits per heavy atom. The van der Waals surface area contributed by atoms with Gasteiger partial charge in [0.2, 0.25) is 0 Å². The smallest absolute Gasteiger partial charge is 0.373 e. The number of nitrogens with one attached hydrogen (secondary N) is 2. The van der Waals surface area contributed by atoms with Gasteiger partial charge in [0.25, 0.3) is 0 Å². The number of hydrogen-bond donors (Lipinski definition) is 2. The fourth-order valence-corrected chi connectivity index (χ4v) is 1.37. The predicted octanol–water partition coefficient (Wildman–Crippen LogP) is 0.186. The van der Waals surface area contributed by atoms with E-state index >= 15 is 0 Å². The number of alkyl carbamates (subject to hydrolysis) is 1. The van der Waals surface area contributed by atoms with E-state index in [2.05, 4.69) is 21.9 Å². The lowest BCUT2D eigenvalue weighted by Crippen LogP contribution is -2.47. The molecule has 1 aliphatic rings. The van der Waals surface area contributed by atoms with Crippen LogP contribution in [0.15, 0.2) is 12.2 Å². The number of esters is 1. The first-order valence-corrected chi connectivity index (χ1v) is 5.18. The largest absolute Gasteiger partial charge is 0.416 e. The molecule has 1 rings (SSSR count). The third-order valence-corrected chi connectivity index (χ3v) is 2.24. The highest BCUT2D eigenvalue weighted by Gasteiger charge is 2.31. The number of amides is 3. The second-order valence-electron chi connectivity index (χ2n) is 3.59. The number of carbonyl (C=O) groups is 3. The first-order valence-electron chi connectivity index (χ1n) is 5.18. The maximum Gasteiger partial charge on any atom is 0.416 e. The summed E-state index contributed by atoms with van der Waals surface area (Å²) in [7, 11) is 0. The van der Waals surface area contributed by atoms with Gasteiger partial charge in [-0.3, -0.25) is 5.32 Å². The van der Waals surface area contributed by atoms with Gasteiger partial charge in [-0.1, -0.05) is 6.58 Å². The van der Waals surface area contributed by atoms with E-state index in [9.17, 15) is 14.4 Å². The monoisotopic (exact) mass is 241 g/mol. The lowest BCUT2D eigenvalue weighted by Gasteiger charge is -2.21. The number of carbonyl (C=O) groups excluding carboxylic acids is 3. The predicted molar refractivity (Wildman–Crippen MR) is 59.0 cm³/mol. The molecule has 7 nitrogen and oxygen atoms in total. The van der Waals surface area contributed by atoms with Crippen molar-refractivity contribution in [1.82, 2.24) is 15.5 Å². The highest BCUT2D eigenvalue weighted by Crippen LogP contribution is 2.04. The first-order chi connectivity index (χ1) is 7.95. The minimum absolute atomic E-state index is 0.133. The minimum Gasteiger partial charge on any atom is -0.373 e. The Balaban J connectivity index is 2.49. The summed E-state index contributed by atoms with van der Waals surface area (Å²) in [5.74, 6) is -0.789.